The third kappa shape index (κ3) is 5.38. The van der Waals surface area contributed by atoms with Gasteiger partial charge in [0.15, 0.2) is 5.82 Å². The van der Waals surface area contributed by atoms with Gasteiger partial charge in [0.1, 0.15) is 17.4 Å². The Balaban J connectivity index is 1.60. The molecule has 5 rings (SSSR count). The van der Waals surface area contributed by atoms with E-state index < -0.39 is 11.4 Å². The molecule has 2 amide bonds. The molecular formula is C30H29FN6O4. The van der Waals surface area contributed by atoms with Gasteiger partial charge >= 0.3 is 0 Å². The predicted octanol–water partition coefficient (Wildman–Crippen LogP) is 5.45. The summed E-state index contributed by atoms with van der Waals surface area (Å²) in [4.78, 5) is 35.3. The number of carbonyl (C=O) groups excluding carboxylic acids is 2. The van der Waals surface area contributed by atoms with Crippen LogP contribution in [0.3, 0.4) is 0 Å². The number of hydrogen-bond acceptors (Lipinski definition) is 8. The van der Waals surface area contributed by atoms with Crippen molar-refractivity contribution in [3.8, 4) is 22.5 Å². The summed E-state index contributed by atoms with van der Waals surface area (Å²) in [6.45, 7) is 7.76. The first-order valence-electron chi connectivity index (χ1n) is 13.0. The van der Waals surface area contributed by atoms with Crippen LogP contribution in [-0.2, 0) is 5.54 Å². The molecule has 0 atom stereocenters. The lowest BCUT2D eigenvalue weighted by Gasteiger charge is -2.22. The average Bonchev–Trinajstić information content (AvgIpc) is 3.56. The first-order valence-corrected chi connectivity index (χ1v) is 13.0. The number of pyridine rings is 1. The minimum Gasteiger partial charge on any atom is -0.437 e. The fourth-order valence-electron chi connectivity index (χ4n) is 4.49. The second-order valence-corrected chi connectivity index (χ2v) is 9.96. The Bertz CT molecular complexity index is 1760. The molecule has 5 aromatic rings. The van der Waals surface area contributed by atoms with Gasteiger partial charge in [-0.1, -0.05) is 17.3 Å². The lowest BCUT2D eigenvalue weighted by molar-refractivity contribution is 0.0906. The molecule has 210 valence electrons. The molecule has 0 aliphatic rings. The van der Waals surface area contributed by atoms with Crippen molar-refractivity contribution < 1.29 is 22.9 Å². The molecule has 0 spiro atoms. The Morgan fingerprint density at radius 1 is 1.00 bits per heavy atom. The molecule has 3 aromatic heterocycles. The zero-order valence-corrected chi connectivity index (χ0v) is 23.3. The molecular weight excluding hydrogens is 527 g/mol. The Labute approximate surface area is 235 Å². The van der Waals surface area contributed by atoms with E-state index in [0.29, 0.717) is 51.7 Å². The number of fused-ring (bicyclic) bond motifs is 1. The molecule has 2 aromatic carbocycles. The SMILES string of the molecule is CCNc1nc2oc(-c3ccc(F)cc3)c(C(=O)NC)c2cc1-c1cccc(C(=O)NC(C)(C)c2noc(C)n2)c1. The smallest absolute Gasteiger partial charge is 0.255 e. The van der Waals surface area contributed by atoms with Gasteiger partial charge in [-0.15, -0.1) is 0 Å². The van der Waals surface area contributed by atoms with Gasteiger partial charge in [0.05, 0.1) is 16.5 Å². The largest absolute Gasteiger partial charge is 0.437 e. The highest BCUT2D eigenvalue weighted by molar-refractivity contribution is 6.11. The number of nitrogens with one attached hydrogen (secondary N) is 3. The van der Waals surface area contributed by atoms with E-state index in [4.69, 9.17) is 13.9 Å². The summed E-state index contributed by atoms with van der Waals surface area (Å²) >= 11 is 0. The third-order valence-corrected chi connectivity index (χ3v) is 6.54. The standard InChI is InChI=1S/C30H29FN6O4/c1-6-33-25-21(18-8-7-9-19(14-18)26(38)36-30(3,4)29-34-16(2)41-37-29)15-22-23(27(39)32-5)24(40-28(22)35-25)17-10-12-20(31)13-11-17/h7-15H,6H2,1-5H3,(H,32,39)(H,33,35)(H,36,38). The molecule has 0 fully saturated rings. The van der Waals surface area contributed by atoms with Crippen molar-refractivity contribution in [2.45, 2.75) is 33.2 Å². The molecule has 0 aliphatic carbocycles. The molecule has 0 saturated heterocycles. The van der Waals surface area contributed by atoms with Crippen LogP contribution in [0.1, 0.15) is 53.2 Å². The minimum absolute atomic E-state index is 0.244. The first-order chi connectivity index (χ1) is 19.6. The molecule has 0 saturated carbocycles. The quantitative estimate of drug-likeness (QED) is 0.230. The second kappa shape index (κ2) is 10.8. The van der Waals surface area contributed by atoms with Crippen LogP contribution in [0.15, 0.2) is 63.5 Å². The van der Waals surface area contributed by atoms with Crippen molar-refractivity contribution >= 4 is 28.7 Å². The Morgan fingerprint density at radius 3 is 2.41 bits per heavy atom. The van der Waals surface area contributed by atoms with E-state index in [-0.39, 0.29) is 28.9 Å². The number of anilines is 1. The van der Waals surface area contributed by atoms with Crippen LogP contribution < -0.4 is 16.0 Å². The molecule has 11 heteroatoms. The van der Waals surface area contributed by atoms with Gasteiger partial charge in [0.25, 0.3) is 11.8 Å². The van der Waals surface area contributed by atoms with Crippen LogP contribution in [0, 0.1) is 12.7 Å². The number of nitrogens with zero attached hydrogens (tertiary/aromatic N) is 3. The number of furan rings is 1. The number of benzene rings is 2. The summed E-state index contributed by atoms with van der Waals surface area (Å²) in [6.07, 6.45) is 0. The number of hydrogen-bond donors (Lipinski definition) is 3. The first kappa shape index (κ1) is 27.5. The van der Waals surface area contributed by atoms with Crippen molar-refractivity contribution in [1.82, 2.24) is 25.8 Å². The molecule has 0 bridgehead atoms. The van der Waals surface area contributed by atoms with Gasteiger partial charge in [-0.25, -0.2) is 4.39 Å². The number of aryl methyl sites for hydroxylation is 1. The molecule has 0 unspecified atom stereocenters. The maximum Gasteiger partial charge on any atom is 0.255 e. The Hall–Kier alpha value is -5.06. The zero-order valence-electron chi connectivity index (χ0n) is 23.3. The highest BCUT2D eigenvalue weighted by atomic mass is 19.1. The number of aromatic nitrogens is 3. The molecule has 3 heterocycles. The normalized spacial score (nSPS) is 11.5. The molecule has 10 nitrogen and oxygen atoms in total. The van der Waals surface area contributed by atoms with Gasteiger partial charge in [0, 0.05) is 37.2 Å². The van der Waals surface area contributed by atoms with E-state index in [9.17, 15) is 14.0 Å². The summed E-state index contributed by atoms with van der Waals surface area (Å²) in [5.41, 5.74) is 1.94. The van der Waals surface area contributed by atoms with Gasteiger partial charge in [-0.05, 0) is 68.8 Å². The number of carbonyl (C=O) groups is 2. The van der Waals surface area contributed by atoms with Crippen LogP contribution in [0.4, 0.5) is 10.2 Å². The van der Waals surface area contributed by atoms with Crippen LogP contribution in [0.5, 0.6) is 0 Å². The van der Waals surface area contributed by atoms with E-state index in [2.05, 4.69) is 26.1 Å². The predicted molar refractivity (Wildman–Crippen MR) is 152 cm³/mol. The maximum absolute atomic E-state index is 13.6. The van der Waals surface area contributed by atoms with Crippen molar-refractivity contribution in [2.24, 2.45) is 0 Å². The summed E-state index contributed by atoms with van der Waals surface area (Å²) in [6, 6.07) is 14.6. The van der Waals surface area contributed by atoms with E-state index in [1.165, 1.54) is 19.2 Å². The summed E-state index contributed by atoms with van der Waals surface area (Å²) in [5, 5.41) is 13.3. The lowest BCUT2D eigenvalue weighted by Crippen LogP contribution is -2.41. The summed E-state index contributed by atoms with van der Waals surface area (Å²) in [5.74, 6) is 0.455. The number of amides is 2. The fraction of sp³-hybridized carbons (Fsp3) is 0.233. The van der Waals surface area contributed by atoms with Crippen molar-refractivity contribution in [2.75, 3.05) is 18.9 Å². The third-order valence-electron chi connectivity index (χ3n) is 6.54. The monoisotopic (exact) mass is 556 g/mol. The lowest BCUT2D eigenvalue weighted by atomic mass is 9.99. The summed E-state index contributed by atoms with van der Waals surface area (Å²) < 4.78 is 24.8. The highest BCUT2D eigenvalue weighted by Gasteiger charge is 2.29. The van der Waals surface area contributed by atoms with Gasteiger partial charge in [-0.3, -0.25) is 9.59 Å². The maximum atomic E-state index is 13.6. The van der Waals surface area contributed by atoms with Crippen LogP contribution in [-0.4, -0.2) is 40.5 Å². The topological polar surface area (TPSA) is 135 Å². The van der Waals surface area contributed by atoms with Crippen molar-refractivity contribution in [1.29, 1.82) is 0 Å². The van der Waals surface area contributed by atoms with Crippen LogP contribution in [0.25, 0.3) is 33.6 Å². The van der Waals surface area contributed by atoms with Gasteiger partial charge in [0.2, 0.25) is 11.6 Å². The van der Waals surface area contributed by atoms with E-state index in [1.54, 1.807) is 51.1 Å². The van der Waals surface area contributed by atoms with Gasteiger partial charge < -0.3 is 24.9 Å². The minimum atomic E-state index is -0.879. The zero-order chi connectivity index (χ0) is 29.3. The van der Waals surface area contributed by atoms with Crippen LogP contribution >= 0.6 is 0 Å². The van der Waals surface area contributed by atoms with E-state index >= 15 is 0 Å². The highest BCUT2D eigenvalue weighted by Crippen LogP contribution is 2.38. The number of halogens is 1. The number of rotatable bonds is 8. The molecule has 3 N–H and O–H groups in total. The molecule has 41 heavy (non-hydrogen) atoms. The van der Waals surface area contributed by atoms with Crippen molar-refractivity contribution in [3.63, 3.8) is 0 Å². The molecule has 0 radical (unpaired) electrons. The van der Waals surface area contributed by atoms with Gasteiger partial charge in [-0.2, -0.15) is 9.97 Å². The second-order valence-electron chi connectivity index (χ2n) is 9.96. The van der Waals surface area contributed by atoms with E-state index in [0.717, 1.165) is 0 Å². The van der Waals surface area contributed by atoms with E-state index in [1.807, 2.05) is 19.1 Å². The van der Waals surface area contributed by atoms with Crippen molar-refractivity contribution in [3.05, 3.63) is 83.3 Å². The van der Waals surface area contributed by atoms with Crippen LogP contribution in [0.2, 0.25) is 0 Å². The summed E-state index contributed by atoms with van der Waals surface area (Å²) in [7, 11) is 1.52. The fourth-order valence-corrected chi connectivity index (χ4v) is 4.49. The molecule has 0 aliphatic heterocycles. The Kier molecular flexibility index (Phi) is 7.27. The Morgan fingerprint density at radius 2 is 1.76 bits per heavy atom. The average molecular weight is 557 g/mol.